The molecule has 168 valence electrons. The van der Waals surface area contributed by atoms with Gasteiger partial charge in [0.05, 0.1) is 0 Å². The van der Waals surface area contributed by atoms with Gasteiger partial charge in [-0.2, -0.15) is 0 Å². The summed E-state index contributed by atoms with van der Waals surface area (Å²) in [4.78, 5) is 12.5. The summed E-state index contributed by atoms with van der Waals surface area (Å²) in [5.41, 5.74) is 3.81. The molecule has 0 spiro atoms. The predicted octanol–water partition coefficient (Wildman–Crippen LogP) is 8.93. The Morgan fingerprint density at radius 2 is 1.45 bits per heavy atom. The van der Waals surface area contributed by atoms with Gasteiger partial charge in [0.25, 0.3) is 0 Å². The molecule has 0 bridgehead atoms. The number of rotatable bonds is 14. The summed E-state index contributed by atoms with van der Waals surface area (Å²) in [5, 5.41) is 2.51. The van der Waals surface area contributed by atoms with Crippen molar-refractivity contribution in [2.75, 3.05) is 0 Å². The predicted molar refractivity (Wildman–Crippen MR) is 132 cm³/mol. The summed E-state index contributed by atoms with van der Waals surface area (Å²) >= 11 is 0. The molecule has 2 aromatic carbocycles. The molecule has 0 radical (unpaired) electrons. The highest BCUT2D eigenvalue weighted by atomic mass is 16.5. The van der Waals surface area contributed by atoms with Gasteiger partial charge in [-0.3, -0.25) is 4.79 Å². The molecule has 0 N–H and O–H groups in total. The van der Waals surface area contributed by atoms with Crippen molar-refractivity contribution in [3.05, 3.63) is 53.6 Å². The molecule has 0 amide bonds. The van der Waals surface area contributed by atoms with E-state index in [1.165, 1.54) is 73.3 Å². The maximum absolute atomic E-state index is 12.5. The first-order valence-electron chi connectivity index (χ1n) is 12.7. The minimum Gasteiger partial charge on any atom is -0.453 e. The zero-order chi connectivity index (χ0) is 21.9. The Hall–Kier alpha value is -2.09. The van der Waals surface area contributed by atoms with Gasteiger partial charge in [0.15, 0.2) is 0 Å². The molecule has 2 aromatic rings. The van der Waals surface area contributed by atoms with Gasteiger partial charge in [-0.25, -0.2) is 0 Å². The van der Waals surface area contributed by atoms with Gasteiger partial charge in [0, 0.05) is 12.0 Å². The van der Waals surface area contributed by atoms with Crippen molar-refractivity contribution >= 4 is 22.3 Å². The van der Waals surface area contributed by atoms with Crippen LogP contribution in [0.2, 0.25) is 0 Å². The number of benzene rings is 2. The van der Waals surface area contributed by atoms with Gasteiger partial charge in [-0.15, -0.1) is 0 Å². The minimum atomic E-state index is -0.253. The Morgan fingerprint density at radius 3 is 2.19 bits per heavy atom. The lowest BCUT2D eigenvalue weighted by molar-refractivity contribution is -0.147. The third-order valence-corrected chi connectivity index (χ3v) is 6.48. The molecule has 2 nitrogen and oxygen atoms in total. The number of hydrogen-bond donors (Lipinski definition) is 0. The van der Waals surface area contributed by atoms with Crippen LogP contribution >= 0.6 is 0 Å². The van der Waals surface area contributed by atoms with Crippen molar-refractivity contribution < 1.29 is 9.53 Å². The highest BCUT2D eigenvalue weighted by molar-refractivity contribution is 5.98. The zero-order valence-electron chi connectivity index (χ0n) is 19.6. The second-order valence-electron chi connectivity index (χ2n) is 9.04. The standard InChI is InChI=1S/C29H40O2/c1-3-5-7-8-9-10-11-13-16-24-22-27(31-28(30)21-12-6-4-2)26-20-15-18-23-17-14-19-25(24)29(23)26/h14-15,17-20,22,27H,3-13,16,21H2,1-2H3. The Balaban J connectivity index is 1.66. The van der Waals surface area contributed by atoms with E-state index < -0.39 is 0 Å². The van der Waals surface area contributed by atoms with Crippen LogP contribution in [-0.2, 0) is 9.53 Å². The van der Waals surface area contributed by atoms with Crippen LogP contribution in [-0.4, -0.2) is 5.97 Å². The molecular weight excluding hydrogens is 380 g/mol. The molecule has 0 aliphatic heterocycles. The average molecular weight is 421 g/mol. The maximum atomic E-state index is 12.5. The lowest BCUT2D eigenvalue weighted by Gasteiger charge is -2.25. The van der Waals surface area contributed by atoms with Crippen molar-refractivity contribution in [3.63, 3.8) is 0 Å². The van der Waals surface area contributed by atoms with Gasteiger partial charge in [-0.05, 0) is 47.2 Å². The first kappa shape index (κ1) is 23.6. The summed E-state index contributed by atoms with van der Waals surface area (Å²) < 4.78 is 5.98. The first-order valence-corrected chi connectivity index (χ1v) is 12.7. The average Bonchev–Trinajstić information content (AvgIpc) is 2.78. The highest BCUT2D eigenvalue weighted by Gasteiger charge is 2.24. The maximum Gasteiger partial charge on any atom is 0.306 e. The van der Waals surface area contributed by atoms with Crippen molar-refractivity contribution in [2.45, 2.75) is 103 Å². The molecule has 0 heterocycles. The SMILES string of the molecule is CCCCCCCCCCC1=CC(OC(=O)CCCCC)c2cccc3cccc1c23. The smallest absolute Gasteiger partial charge is 0.306 e. The topological polar surface area (TPSA) is 26.3 Å². The largest absolute Gasteiger partial charge is 0.453 e. The fourth-order valence-corrected chi connectivity index (χ4v) is 4.72. The van der Waals surface area contributed by atoms with Crippen LogP contribution in [0.4, 0.5) is 0 Å². The van der Waals surface area contributed by atoms with Gasteiger partial charge in [0.1, 0.15) is 6.10 Å². The lowest BCUT2D eigenvalue weighted by atomic mass is 9.84. The van der Waals surface area contributed by atoms with Crippen LogP contribution in [0.25, 0.3) is 16.3 Å². The van der Waals surface area contributed by atoms with E-state index in [-0.39, 0.29) is 12.1 Å². The fraction of sp³-hybridized carbons (Fsp3) is 0.552. The molecule has 0 saturated carbocycles. The number of carbonyl (C=O) groups is 1. The molecule has 0 fully saturated rings. The van der Waals surface area contributed by atoms with E-state index >= 15 is 0 Å². The van der Waals surface area contributed by atoms with E-state index in [0.29, 0.717) is 6.42 Å². The van der Waals surface area contributed by atoms with Crippen LogP contribution < -0.4 is 0 Å². The van der Waals surface area contributed by atoms with E-state index in [2.05, 4.69) is 56.3 Å². The van der Waals surface area contributed by atoms with Crippen LogP contribution in [0.3, 0.4) is 0 Å². The molecule has 1 atom stereocenters. The van der Waals surface area contributed by atoms with Gasteiger partial charge < -0.3 is 4.74 Å². The van der Waals surface area contributed by atoms with Gasteiger partial charge >= 0.3 is 5.97 Å². The van der Waals surface area contributed by atoms with Crippen molar-refractivity contribution in [1.82, 2.24) is 0 Å². The molecule has 1 unspecified atom stereocenters. The third-order valence-electron chi connectivity index (χ3n) is 6.48. The molecular formula is C29H40O2. The Labute approximate surface area is 189 Å². The number of hydrogen-bond acceptors (Lipinski definition) is 2. The van der Waals surface area contributed by atoms with Crippen LogP contribution in [0.5, 0.6) is 0 Å². The van der Waals surface area contributed by atoms with E-state index in [0.717, 1.165) is 31.2 Å². The number of ether oxygens (including phenoxy) is 1. The highest BCUT2D eigenvalue weighted by Crippen LogP contribution is 2.41. The monoisotopic (exact) mass is 420 g/mol. The van der Waals surface area contributed by atoms with Gasteiger partial charge in [-0.1, -0.05) is 108 Å². The van der Waals surface area contributed by atoms with Crippen LogP contribution in [0.1, 0.15) is 115 Å². The molecule has 3 rings (SSSR count). The molecule has 1 aliphatic rings. The van der Waals surface area contributed by atoms with E-state index in [1.807, 2.05) is 0 Å². The molecule has 0 saturated heterocycles. The van der Waals surface area contributed by atoms with E-state index in [4.69, 9.17) is 4.74 Å². The second-order valence-corrected chi connectivity index (χ2v) is 9.04. The van der Waals surface area contributed by atoms with Crippen molar-refractivity contribution in [3.8, 4) is 0 Å². The summed E-state index contributed by atoms with van der Waals surface area (Å²) in [6, 6.07) is 12.9. The van der Waals surface area contributed by atoms with E-state index in [1.54, 1.807) is 0 Å². The van der Waals surface area contributed by atoms with Crippen LogP contribution in [0.15, 0.2) is 42.5 Å². The summed E-state index contributed by atoms with van der Waals surface area (Å²) in [6.45, 7) is 4.43. The minimum absolute atomic E-state index is 0.0717. The fourth-order valence-electron chi connectivity index (χ4n) is 4.72. The zero-order valence-corrected chi connectivity index (χ0v) is 19.6. The number of esters is 1. The second kappa shape index (κ2) is 12.7. The van der Waals surface area contributed by atoms with Crippen LogP contribution in [0, 0.1) is 0 Å². The van der Waals surface area contributed by atoms with Crippen molar-refractivity contribution in [1.29, 1.82) is 0 Å². The van der Waals surface area contributed by atoms with Crippen molar-refractivity contribution in [2.24, 2.45) is 0 Å². The molecule has 31 heavy (non-hydrogen) atoms. The Kier molecular flexibility index (Phi) is 9.65. The van der Waals surface area contributed by atoms with Gasteiger partial charge in [0.2, 0.25) is 0 Å². The Bertz CT molecular complexity index is 859. The molecule has 0 aromatic heterocycles. The third kappa shape index (κ3) is 6.69. The Morgan fingerprint density at radius 1 is 0.806 bits per heavy atom. The first-order chi connectivity index (χ1) is 15.2. The summed E-state index contributed by atoms with van der Waals surface area (Å²) in [6.07, 6.45) is 17.3. The van der Waals surface area contributed by atoms with E-state index in [9.17, 15) is 4.79 Å². The quantitative estimate of drug-likeness (QED) is 0.225. The molecule has 2 heteroatoms. The summed E-state index contributed by atoms with van der Waals surface area (Å²) in [5.74, 6) is -0.0717. The number of allylic oxidation sites excluding steroid dienone is 1. The number of unbranched alkanes of at least 4 members (excludes halogenated alkanes) is 9. The molecule has 1 aliphatic carbocycles. The summed E-state index contributed by atoms with van der Waals surface area (Å²) in [7, 11) is 0. The normalized spacial score (nSPS) is 15.2. The lowest BCUT2D eigenvalue weighted by Crippen LogP contribution is -2.13. The number of carbonyl (C=O) groups excluding carboxylic acids is 1.